The van der Waals surface area contributed by atoms with Crippen molar-refractivity contribution in [2.75, 3.05) is 25.5 Å². The Morgan fingerprint density at radius 1 is 1.14 bits per heavy atom. The Labute approximate surface area is 171 Å². The summed E-state index contributed by atoms with van der Waals surface area (Å²) >= 11 is 0. The molecule has 148 valence electrons. The number of hydrogen-bond donors (Lipinski definition) is 2. The van der Waals surface area contributed by atoms with Gasteiger partial charge < -0.3 is 15.0 Å². The van der Waals surface area contributed by atoms with Crippen molar-refractivity contribution < 1.29 is 4.74 Å². The predicted molar refractivity (Wildman–Crippen MR) is 115 cm³/mol. The monoisotopic (exact) mass is 387 g/mol. The van der Waals surface area contributed by atoms with Gasteiger partial charge in [-0.25, -0.2) is 9.97 Å². The minimum Gasteiger partial charge on any atom is -0.457 e. The summed E-state index contributed by atoms with van der Waals surface area (Å²) < 4.78 is 5.84. The molecule has 2 heterocycles. The van der Waals surface area contributed by atoms with Crippen LogP contribution < -0.4 is 10.1 Å². The van der Waals surface area contributed by atoms with Gasteiger partial charge >= 0.3 is 0 Å². The number of anilines is 1. The van der Waals surface area contributed by atoms with E-state index < -0.39 is 0 Å². The summed E-state index contributed by atoms with van der Waals surface area (Å²) in [5.41, 5.74) is 1.88. The summed E-state index contributed by atoms with van der Waals surface area (Å²) in [6.07, 6.45) is 5.63. The fourth-order valence-electron chi connectivity index (χ4n) is 3.57. The number of rotatable bonds is 7. The molecule has 1 aromatic heterocycles. The van der Waals surface area contributed by atoms with E-state index in [1.807, 2.05) is 54.6 Å². The summed E-state index contributed by atoms with van der Waals surface area (Å²) in [6.45, 7) is 1.95. The van der Waals surface area contributed by atoms with E-state index in [4.69, 9.17) is 10.1 Å². The molecular formula is C23H25N5O. The van der Waals surface area contributed by atoms with Gasteiger partial charge in [-0.3, -0.25) is 5.41 Å². The lowest BCUT2D eigenvalue weighted by Crippen LogP contribution is -2.32. The Balaban J connectivity index is 1.46. The zero-order chi connectivity index (χ0) is 20.1. The van der Waals surface area contributed by atoms with Crippen LogP contribution in [0.1, 0.15) is 24.0 Å². The van der Waals surface area contributed by atoms with E-state index in [9.17, 15) is 0 Å². The summed E-state index contributed by atoms with van der Waals surface area (Å²) in [6, 6.07) is 17.7. The van der Waals surface area contributed by atoms with Gasteiger partial charge in [0.25, 0.3) is 0 Å². The van der Waals surface area contributed by atoms with Gasteiger partial charge in [-0.15, -0.1) is 0 Å². The molecule has 1 aliphatic heterocycles. The third-order valence-electron chi connectivity index (χ3n) is 5.28. The molecule has 0 radical (unpaired) electrons. The van der Waals surface area contributed by atoms with Crippen molar-refractivity contribution in [3.63, 3.8) is 0 Å². The summed E-state index contributed by atoms with van der Waals surface area (Å²) in [4.78, 5) is 10.9. The second-order valence-corrected chi connectivity index (χ2v) is 7.26. The minimum atomic E-state index is 0.388. The quantitative estimate of drug-likeness (QED) is 0.595. The molecule has 0 aliphatic carbocycles. The van der Waals surface area contributed by atoms with Gasteiger partial charge in [-0.05, 0) is 62.8 Å². The average Bonchev–Trinajstić information content (AvgIpc) is 3.18. The van der Waals surface area contributed by atoms with E-state index in [1.54, 1.807) is 6.20 Å². The van der Waals surface area contributed by atoms with E-state index >= 15 is 0 Å². The first-order valence-electron chi connectivity index (χ1n) is 9.87. The van der Waals surface area contributed by atoms with Crippen molar-refractivity contribution in [1.82, 2.24) is 14.9 Å². The Kier molecular flexibility index (Phi) is 5.81. The summed E-state index contributed by atoms with van der Waals surface area (Å²) in [7, 11) is 2.15. The molecule has 0 spiro atoms. The first kappa shape index (κ1) is 19.1. The van der Waals surface area contributed by atoms with Crippen LogP contribution in [0.3, 0.4) is 0 Å². The molecule has 6 nitrogen and oxygen atoms in total. The first-order valence-corrected chi connectivity index (χ1v) is 9.87. The van der Waals surface area contributed by atoms with Crippen LogP contribution >= 0.6 is 0 Å². The molecule has 4 rings (SSSR count). The third kappa shape index (κ3) is 4.60. The molecular weight excluding hydrogens is 362 g/mol. The van der Waals surface area contributed by atoms with Crippen LogP contribution in [0.5, 0.6) is 11.5 Å². The maximum absolute atomic E-state index is 8.66. The second-order valence-electron chi connectivity index (χ2n) is 7.26. The van der Waals surface area contributed by atoms with Gasteiger partial charge in [0.05, 0.1) is 11.3 Å². The van der Waals surface area contributed by atoms with Crippen LogP contribution in [0.15, 0.2) is 67.1 Å². The van der Waals surface area contributed by atoms with E-state index in [0.29, 0.717) is 23.1 Å². The van der Waals surface area contributed by atoms with E-state index in [-0.39, 0.29) is 0 Å². The van der Waals surface area contributed by atoms with Crippen LogP contribution in [0, 0.1) is 5.41 Å². The zero-order valence-electron chi connectivity index (χ0n) is 16.5. The molecule has 6 heteroatoms. The number of aromatic nitrogens is 2. The Morgan fingerprint density at radius 3 is 2.62 bits per heavy atom. The zero-order valence-corrected chi connectivity index (χ0v) is 16.5. The second kappa shape index (κ2) is 8.84. The fourth-order valence-corrected chi connectivity index (χ4v) is 3.57. The molecule has 0 unspecified atom stereocenters. The summed E-state index contributed by atoms with van der Waals surface area (Å²) in [5.74, 6) is 2.23. The number of para-hydroxylation sites is 1. The highest BCUT2D eigenvalue weighted by atomic mass is 16.5. The standard InChI is InChI=1S/C23H25N5O/c1-28-13-5-6-18(28)14-26-23-21(15-25-16-27-23)22(24)17-9-11-20(12-10-17)29-19-7-3-2-4-8-19/h2-4,7-12,15-16,18,24H,5-6,13-14H2,1H3,(H,25,26,27)/t18-/m1/s1. The third-order valence-corrected chi connectivity index (χ3v) is 5.28. The van der Waals surface area contributed by atoms with Crippen molar-refractivity contribution in [3.05, 3.63) is 78.2 Å². The van der Waals surface area contributed by atoms with Crippen LogP contribution in [0.2, 0.25) is 0 Å². The van der Waals surface area contributed by atoms with Gasteiger partial charge in [-0.1, -0.05) is 18.2 Å². The van der Waals surface area contributed by atoms with Gasteiger partial charge in [0.15, 0.2) is 0 Å². The molecule has 2 aromatic carbocycles. The molecule has 3 aromatic rings. The highest BCUT2D eigenvalue weighted by Crippen LogP contribution is 2.23. The lowest BCUT2D eigenvalue weighted by atomic mass is 10.0. The number of likely N-dealkylation sites (tertiary alicyclic amines) is 1. The molecule has 1 fully saturated rings. The molecule has 0 saturated carbocycles. The molecule has 2 N–H and O–H groups in total. The van der Waals surface area contributed by atoms with Crippen molar-refractivity contribution >= 4 is 11.5 Å². The largest absolute Gasteiger partial charge is 0.457 e. The summed E-state index contributed by atoms with van der Waals surface area (Å²) in [5, 5.41) is 12.1. The highest BCUT2D eigenvalue weighted by Gasteiger charge is 2.21. The number of benzene rings is 2. The first-order chi connectivity index (χ1) is 14.2. The van der Waals surface area contributed by atoms with E-state index in [1.165, 1.54) is 19.2 Å². The maximum Gasteiger partial charge on any atom is 0.138 e. The van der Waals surface area contributed by atoms with Crippen LogP contribution in [-0.4, -0.2) is 46.8 Å². The SMILES string of the molecule is CN1CCC[C@@H]1CNc1ncncc1C(=N)c1ccc(Oc2ccccc2)cc1. The lowest BCUT2D eigenvalue weighted by Gasteiger charge is -2.20. The van der Waals surface area contributed by atoms with Crippen molar-refractivity contribution in [1.29, 1.82) is 5.41 Å². The van der Waals surface area contributed by atoms with Crippen LogP contribution in [0.4, 0.5) is 5.82 Å². The Morgan fingerprint density at radius 2 is 1.90 bits per heavy atom. The van der Waals surface area contributed by atoms with Gasteiger partial charge in [-0.2, -0.15) is 0 Å². The topological polar surface area (TPSA) is 74.1 Å². The van der Waals surface area contributed by atoms with Crippen molar-refractivity contribution in [2.24, 2.45) is 0 Å². The van der Waals surface area contributed by atoms with Gasteiger partial charge in [0, 0.05) is 24.3 Å². The number of nitrogens with zero attached hydrogens (tertiary/aromatic N) is 3. The van der Waals surface area contributed by atoms with Crippen molar-refractivity contribution in [2.45, 2.75) is 18.9 Å². The molecule has 1 aliphatic rings. The number of hydrogen-bond acceptors (Lipinski definition) is 6. The highest BCUT2D eigenvalue weighted by molar-refractivity contribution is 6.13. The Bertz CT molecular complexity index is 959. The molecule has 1 atom stereocenters. The number of ether oxygens (including phenoxy) is 1. The number of likely N-dealkylation sites (N-methyl/N-ethyl adjacent to an activating group) is 1. The van der Waals surface area contributed by atoms with E-state index in [0.717, 1.165) is 30.2 Å². The lowest BCUT2D eigenvalue weighted by molar-refractivity contribution is 0.322. The van der Waals surface area contributed by atoms with Gasteiger partial charge in [0.2, 0.25) is 0 Å². The Hall–Kier alpha value is -3.25. The normalized spacial score (nSPS) is 16.5. The molecule has 0 bridgehead atoms. The molecule has 1 saturated heterocycles. The predicted octanol–water partition coefficient (Wildman–Crippen LogP) is 4.19. The van der Waals surface area contributed by atoms with Crippen LogP contribution in [0.25, 0.3) is 0 Å². The van der Waals surface area contributed by atoms with E-state index in [2.05, 4.69) is 27.2 Å². The smallest absolute Gasteiger partial charge is 0.138 e. The van der Waals surface area contributed by atoms with Crippen LogP contribution in [-0.2, 0) is 0 Å². The minimum absolute atomic E-state index is 0.388. The maximum atomic E-state index is 8.66. The number of nitrogens with one attached hydrogen (secondary N) is 2. The molecule has 29 heavy (non-hydrogen) atoms. The van der Waals surface area contributed by atoms with Crippen molar-refractivity contribution in [3.8, 4) is 11.5 Å². The molecule has 0 amide bonds. The van der Waals surface area contributed by atoms with Gasteiger partial charge in [0.1, 0.15) is 23.6 Å². The average molecular weight is 387 g/mol. The fraction of sp³-hybridized carbons (Fsp3) is 0.261.